The number of carbonyl (C=O) groups is 1. The summed E-state index contributed by atoms with van der Waals surface area (Å²) in [6, 6.07) is 10.9. The molecule has 0 amide bonds. The number of carbonyl (C=O) groups excluding carboxylic acids is 1. The molecule has 152 valence electrons. The number of halogens is 2. The van der Waals surface area contributed by atoms with Crippen molar-refractivity contribution in [3.63, 3.8) is 0 Å². The Morgan fingerprint density at radius 2 is 1.97 bits per heavy atom. The van der Waals surface area contributed by atoms with Crippen molar-refractivity contribution in [3.05, 3.63) is 59.2 Å². The minimum Gasteiger partial charge on any atom is -0.365 e. The third-order valence-electron chi connectivity index (χ3n) is 4.48. The third-order valence-corrected chi connectivity index (χ3v) is 5.54. The number of hydrogen-bond donors (Lipinski definition) is 1. The number of benzene rings is 2. The first-order valence-corrected chi connectivity index (χ1v) is 9.89. The normalized spacial score (nSPS) is 15.7. The SMILES string of the molecule is CC(=O)S[C@H](CNc1noc2c(F)c(F)c(C3OCCO3)cc12)c1ccccc1. The Balaban J connectivity index is 1.62. The van der Waals surface area contributed by atoms with Crippen molar-refractivity contribution < 1.29 is 27.6 Å². The zero-order valence-electron chi connectivity index (χ0n) is 15.5. The number of hydrogen-bond acceptors (Lipinski definition) is 7. The molecule has 2 heterocycles. The standard InChI is InChI=1S/C20H18F2N2O4S/c1-11(25)29-15(12-5-3-2-4-6-12)10-23-19-14-9-13(20-26-7-8-27-20)16(21)17(22)18(14)28-24-19/h2-6,9,15,20H,7-8,10H2,1H3,(H,23,24)/t15-/m1/s1. The number of rotatable bonds is 6. The number of aromatic nitrogens is 1. The Hall–Kier alpha value is -2.49. The summed E-state index contributed by atoms with van der Waals surface area (Å²) in [6.45, 7) is 2.44. The Morgan fingerprint density at radius 1 is 1.24 bits per heavy atom. The molecule has 0 saturated carbocycles. The fourth-order valence-corrected chi connectivity index (χ4v) is 4.02. The van der Waals surface area contributed by atoms with Crippen LogP contribution in [0.3, 0.4) is 0 Å². The predicted molar refractivity (Wildman–Crippen MR) is 105 cm³/mol. The first-order chi connectivity index (χ1) is 14.0. The van der Waals surface area contributed by atoms with Gasteiger partial charge in [-0.1, -0.05) is 47.3 Å². The lowest BCUT2D eigenvalue weighted by Gasteiger charge is -2.16. The molecule has 1 atom stereocenters. The van der Waals surface area contributed by atoms with Crippen LogP contribution in [-0.2, 0) is 14.3 Å². The minimum atomic E-state index is -1.14. The van der Waals surface area contributed by atoms with Crippen LogP contribution in [0.5, 0.6) is 0 Å². The van der Waals surface area contributed by atoms with Crippen LogP contribution in [0.25, 0.3) is 11.0 Å². The Bertz CT molecular complexity index is 1020. The second kappa shape index (κ2) is 8.48. The van der Waals surface area contributed by atoms with Gasteiger partial charge < -0.3 is 19.3 Å². The van der Waals surface area contributed by atoms with Crippen molar-refractivity contribution in [1.29, 1.82) is 0 Å². The summed E-state index contributed by atoms with van der Waals surface area (Å²) in [5, 5.41) is 6.99. The van der Waals surface area contributed by atoms with Crippen molar-refractivity contribution in [2.45, 2.75) is 18.5 Å². The van der Waals surface area contributed by atoms with Gasteiger partial charge in [0.25, 0.3) is 0 Å². The highest BCUT2D eigenvalue weighted by Gasteiger charge is 2.28. The van der Waals surface area contributed by atoms with Gasteiger partial charge in [-0.05, 0) is 11.6 Å². The van der Waals surface area contributed by atoms with Crippen LogP contribution in [0.1, 0.15) is 29.6 Å². The predicted octanol–water partition coefficient (Wildman–Crippen LogP) is 4.58. The molecule has 1 saturated heterocycles. The first-order valence-electron chi connectivity index (χ1n) is 9.01. The molecule has 6 nitrogen and oxygen atoms in total. The number of thioether (sulfide) groups is 1. The van der Waals surface area contributed by atoms with E-state index < -0.39 is 17.9 Å². The van der Waals surface area contributed by atoms with Crippen LogP contribution in [0.2, 0.25) is 0 Å². The fraction of sp³-hybridized carbons (Fsp3) is 0.300. The third kappa shape index (κ3) is 4.12. The Kier molecular flexibility index (Phi) is 5.79. The van der Waals surface area contributed by atoms with Crippen LogP contribution in [0, 0.1) is 11.6 Å². The summed E-state index contributed by atoms with van der Waals surface area (Å²) in [7, 11) is 0. The largest absolute Gasteiger partial charge is 0.365 e. The summed E-state index contributed by atoms with van der Waals surface area (Å²) in [6.07, 6.45) is -0.970. The molecule has 4 rings (SSSR count). The van der Waals surface area contributed by atoms with E-state index >= 15 is 0 Å². The molecule has 0 spiro atoms. The lowest BCUT2D eigenvalue weighted by molar-refractivity contribution is -0.109. The van der Waals surface area contributed by atoms with Gasteiger partial charge in [0, 0.05) is 19.0 Å². The summed E-state index contributed by atoms with van der Waals surface area (Å²) < 4.78 is 44.5. The monoisotopic (exact) mass is 420 g/mol. The van der Waals surface area contributed by atoms with Gasteiger partial charge in [0.2, 0.25) is 11.4 Å². The maximum Gasteiger partial charge on any atom is 0.207 e. The molecular formula is C20H18F2N2O4S. The minimum absolute atomic E-state index is 0.0309. The molecule has 1 aliphatic heterocycles. The van der Waals surface area contributed by atoms with Gasteiger partial charge in [0.15, 0.2) is 23.0 Å². The highest BCUT2D eigenvalue weighted by molar-refractivity contribution is 8.13. The molecule has 0 unspecified atom stereocenters. The molecule has 2 aromatic carbocycles. The van der Waals surface area contributed by atoms with Crippen molar-refractivity contribution >= 4 is 33.7 Å². The molecule has 1 aliphatic rings. The van der Waals surface area contributed by atoms with E-state index in [-0.39, 0.29) is 32.7 Å². The second-order valence-electron chi connectivity index (χ2n) is 6.46. The van der Waals surface area contributed by atoms with E-state index in [9.17, 15) is 13.6 Å². The number of anilines is 1. The molecule has 1 fully saturated rings. The second-order valence-corrected chi connectivity index (χ2v) is 7.84. The molecular weight excluding hydrogens is 402 g/mol. The van der Waals surface area contributed by atoms with Crippen molar-refractivity contribution in [2.24, 2.45) is 0 Å². The van der Waals surface area contributed by atoms with E-state index in [4.69, 9.17) is 14.0 Å². The summed E-state index contributed by atoms with van der Waals surface area (Å²) in [5.74, 6) is -1.97. The van der Waals surface area contributed by atoms with Crippen LogP contribution in [0.15, 0.2) is 40.9 Å². The highest BCUT2D eigenvalue weighted by atomic mass is 32.2. The van der Waals surface area contributed by atoms with Gasteiger partial charge in [0.1, 0.15) is 0 Å². The number of ether oxygens (including phenoxy) is 2. The molecule has 1 N–H and O–H groups in total. The van der Waals surface area contributed by atoms with Gasteiger partial charge in [-0.2, -0.15) is 4.39 Å². The van der Waals surface area contributed by atoms with Crippen LogP contribution in [0.4, 0.5) is 14.6 Å². The smallest absolute Gasteiger partial charge is 0.207 e. The summed E-state index contributed by atoms with van der Waals surface area (Å²) in [5.41, 5.74) is 0.623. The topological polar surface area (TPSA) is 73.6 Å². The molecule has 1 aromatic heterocycles. The van der Waals surface area contributed by atoms with Crippen LogP contribution >= 0.6 is 11.8 Å². The molecule has 3 aromatic rings. The molecule has 0 aliphatic carbocycles. The maximum atomic E-state index is 14.5. The summed E-state index contributed by atoms with van der Waals surface area (Å²) >= 11 is 1.18. The zero-order chi connectivity index (χ0) is 20.4. The highest BCUT2D eigenvalue weighted by Crippen LogP contribution is 2.35. The van der Waals surface area contributed by atoms with Crippen LogP contribution in [-0.4, -0.2) is 30.0 Å². The number of nitrogens with zero attached hydrogens (tertiary/aromatic N) is 1. The van der Waals surface area contributed by atoms with Gasteiger partial charge in [-0.15, -0.1) is 0 Å². The van der Waals surface area contributed by atoms with Crippen molar-refractivity contribution in [2.75, 3.05) is 25.1 Å². The van der Waals surface area contributed by atoms with Crippen molar-refractivity contribution in [3.8, 4) is 0 Å². The maximum absolute atomic E-state index is 14.5. The van der Waals surface area contributed by atoms with E-state index in [0.29, 0.717) is 19.8 Å². The van der Waals surface area contributed by atoms with Gasteiger partial charge in [-0.25, -0.2) is 4.39 Å². The van der Waals surface area contributed by atoms with Gasteiger partial charge in [-0.3, -0.25) is 4.79 Å². The first kappa shape index (κ1) is 19.8. The van der Waals surface area contributed by atoms with E-state index in [1.807, 2.05) is 30.3 Å². The van der Waals surface area contributed by atoms with E-state index in [1.54, 1.807) is 0 Å². The van der Waals surface area contributed by atoms with Gasteiger partial charge >= 0.3 is 0 Å². The van der Waals surface area contributed by atoms with E-state index in [2.05, 4.69) is 10.5 Å². The Morgan fingerprint density at radius 3 is 2.66 bits per heavy atom. The summed E-state index contributed by atoms with van der Waals surface area (Å²) in [4.78, 5) is 11.7. The number of nitrogens with one attached hydrogen (secondary N) is 1. The zero-order valence-corrected chi connectivity index (χ0v) is 16.3. The van der Waals surface area contributed by atoms with Crippen molar-refractivity contribution in [1.82, 2.24) is 5.16 Å². The number of fused-ring (bicyclic) bond motifs is 1. The molecule has 0 bridgehead atoms. The van der Waals surface area contributed by atoms with E-state index in [0.717, 1.165) is 5.56 Å². The average molecular weight is 420 g/mol. The lowest BCUT2D eigenvalue weighted by Crippen LogP contribution is -2.12. The van der Waals surface area contributed by atoms with E-state index in [1.165, 1.54) is 24.8 Å². The quantitative estimate of drug-likeness (QED) is 0.625. The molecule has 9 heteroatoms. The molecule has 29 heavy (non-hydrogen) atoms. The van der Waals surface area contributed by atoms with Crippen LogP contribution < -0.4 is 5.32 Å². The Labute approximate surface area is 169 Å². The molecule has 0 radical (unpaired) electrons. The van der Waals surface area contributed by atoms with Gasteiger partial charge in [0.05, 0.1) is 23.8 Å². The lowest BCUT2D eigenvalue weighted by atomic mass is 10.1. The fourth-order valence-electron chi connectivity index (χ4n) is 3.16. The average Bonchev–Trinajstić information content (AvgIpc) is 3.38.